The highest BCUT2D eigenvalue weighted by Crippen LogP contribution is 2.42. The Kier molecular flexibility index (Phi) is 8.31. The smallest absolute Gasteiger partial charge is 0.350 e. The van der Waals surface area contributed by atoms with Gasteiger partial charge in [0.25, 0.3) is 5.91 Å². The summed E-state index contributed by atoms with van der Waals surface area (Å²) >= 11 is 0. The summed E-state index contributed by atoms with van der Waals surface area (Å²) in [7, 11) is -3.47. The maximum absolute atomic E-state index is 14.4. The second-order valence-electron chi connectivity index (χ2n) is 9.25. The van der Waals surface area contributed by atoms with Crippen LogP contribution in [0, 0.1) is 11.6 Å². The molecule has 6 nitrogen and oxygen atoms in total. The number of benzene rings is 1. The van der Waals surface area contributed by atoms with E-state index >= 15 is 0 Å². The van der Waals surface area contributed by atoms with E-state index in [1.54, 1.807) is 11.8 Å². The summed E-state index contributed by atoms with van der Waals surface area (Å²) in [5, 5.41) is 2.25. The lowest BCUT2D eigenvalue weighted by Crippen LogP contribution is -2.63. The Balaban J connectivity index is 1.80. The molecule has 0 unspecified atom stereocenters. The van der Waals surface area contributed by atoms with E-state index in [1.807, 2.05) is 0 Å². The van der Waals surface area contributed by atoms with Crippen molar-refractivity contribution in [3.8, 4) is 0 Å². The molecular weight excluding hydrogens is 519 g/mol. The quantitative estimate of drug-likeness (QED) is 0.524. The van der Waals surface area contributed by atoms with Crippen LogP contribution in [0.5, 0.6) is 0 Å². The Morgan fingerprint density at radius 3 is 2.14 bits per heavy atom. The summed E-state index contributed by atoms with van der Waals surface area (Å²) in [6, 6.07) is 0.534. The number of nitrogens with one attached hydrogen (secondary N) is 1. The Morgan fingerprint density at radius 2 is 1.61 bits per heavy atom. The predicted molar refractivity (Wildman–Crippen MR) is 117 cm³/mol. The number of rotatable bonds is 7. The van der Waals surface area contributed by atoms with Crippen LogP contribution in [0.15, 0.2) is 12.1 Å². The molecule has 1 amide bonds. The minimum Gasteiger partial charge on any atom is -0.350 e. The molecule has 0 aromatic heterocycles. The Morgan fingerprint density at radius 1 is 1.03 bits per heavy atom. The second-order valence-corrected chi connectivity index (χ2v) is 11.3. The maximum atomic E-state index is 14.4. The molecule has 14 heteroatoms. The molecule has 1 saturated heterocycles. The topological polar surface area (TPSA) is 69.7 Å². The molecule has 1 saturated carbocycles. The van der Waals surface area contributed by atoms with Gasteiger partial charge in [0.05, 0.1) is 11.3 Å². The van der Waals surface area contributed by atoms with Gasteiger partial charge in [0.1, 0.15) is 11.4 Å². The van der Waals surface area contributed by atoms with Gasteiger partial charge >= 0.3 is 6.18 Å². The van der Waals surface area contributed by atoms with Crippen LogP contribution < -0.4 is 5.32 Å². The molecule has 0 spiro atoms. The fraction of sp³-hybridized carbons (Fsp3) is 0.682. The van der Waals surface area contributed by atoms with Gasteiger partial charge < -0.3 is 5.32 Å². The molecule has 1 aliphatic carbocycles. The molecule has 1 N–H and O–H groups in total. The molecule has 3 rings (SSSR count). The summed E-state index contributed by atoms with van der Waals surface area (Å²) < 4.78 is 122. The largest absolute Gasteiger partial charge is 0.419 e. The van der Waals surface area contributed by atoms with Gasteiger partial charge in [-0.3, -0.25) is 9.69 Å². The zero-order valence-electron chi connectivity index (χ0n) is 19.6. The maximum Gasteiger partial charge on any atom is 0.419 e. The molecule has 2 fully saturated rings. The van der Waals surface area contributed by atoms with Crippen molar-refractivity contribution >= 4 is 15.9 Å². The average Bonchev–Trinajstić information content (AvgIpc) is 2.78. The first-order chi connectivity index (χ1) is 16.6. The summed E-state index contributed by atoms with van der Waals surface area (Å²) in [5.41, 5.74) is -4.28. The molecule has 204 valence electrons. The van der Waals surface area contributed by atoms with E-state index in [2.05, 4.69) is 5.32 Å². The van der Waals surface area contributed by atoms with E-state index in [0.29, 0.717) is 12.5 Å². The highest BCUT2D eigenvalue weighted by atomic mass is 32.2. The van der Waals surface area contributed by atoms with Crippen LogP contribution in [0.1, 0.15) is 54.9 Å². The molecule has 0 atom stereocenters. The van der Waals surface area contributed by atoms with Crippen molar-refractivity contribution in [2.75, 3.05) is 38.5 Å². The third kappa shape index (κ3) is 6.13. The Hall–Kier alpha value is -1.93. The lowest BCUT2D eigenvalue weighted by Gasteiger charge is -2.50. The highest BCUT2D eigenvalue weighted by Gasteiger charge is 2.48. The van der Waals surface area contributed by atoms with Gasteiger partial charge in [0, 0.05) is 51.1 Å². The predicted octanol–water partition coefficient (Wildman–Crippen LogP) is 4.02. The number of alkyl halides is 5. The first-order valence-electron chi connectivity index (χ1n) is 11.6. The fourth-order valence-corrected chi connectivity index (χ4v) is 6.32. The standard InChI is InChI=1S/C22H28F7N3O3S/c1-2-13-36(34,35)32-11-9-31(10-12-32)20(5-7-21(25,26)8-6-20)14-30-19(33)17-16(23)4-3-15(18(17)24)22(27,28)29/h3-4H,2,5-14H2,1H3,(H,30,33). The van der Waals surface area contributed by atoms with Crippen molar-refractivity contribution in [2.45, 2.75) is 56.7 Å². The third-order valence-corrected chi connectivity index (χ3v) is 8.95. The normalized spacial score (nSPS) is 21.3. The third-order valence-electron chi connectivity index (χ3n) is 6.88. The van der Waals surface area contributed by atoms with Gasteiger partial charge in [0.15, 0.2) is 5.82 Å². The molecule has 1 aromatic rings. The van der Waals surface area contributed by atoms with Crippen LogP contribution in [0.4, 0.5) is 30.7 Å². The first kappa shape index (κ1) is 28.6. The van der Waals surface area contributed by atoms with E-state index in [4.69, 9.17) is 0 Å². The lowest BCUT2D eigenvalue weighted by atomic mass is 9.78. The lowest BCUT2D eigenvalue weighted by molar-refractivity contribution is -0.140. The van der Waals surface area contributed by atoms with Crippen LogP contribution in [0.25, 0.3) is 0 Å². The van der Waals surface area contributed by atoms with E-state index in [1.165, 1.54) is 4.31 Å². The van der Waals surface area contributed by atoms with Crippen molar-refractivity contribution in [1.29, 1.82) is 0 Å². The molecule has 2 aliphatic rings. The number of nitrogens with zero attached hydrogens (tertiary/aromatic N) is 2. The number of amides is 1. The molecule has 1 heterocycles. The summed E-state index contributed by atoms with van der Waals surface area (Å²) in [5.74, 6) is -7.96. The summed E-state index contributed by atoms with van der Waals surface area (Å²) in [6.45, 7) is 1.94. The molecule has 0 radical (unpaired) electrons. The monoisotopic (exact) mass is 547 g/mol. The van der Waals surface area contributed by atoms with Crippen LogP contribution in [-0.4, -0.2) is 73.5 Å². The minimum atomic E-state index is -5.15. The van der Waals surface area contributed by atoms with Gasteiger partial charge in [-0.1, -0.05) is 6.92 Å². The number of hydrogen-bond donors (Lipinski definition) is 1. The van der Waals surface area contributed by atoms with Crippen molar-refractivity contribution in [1.82, 2.24) is 14.5 Å². The fourth-order valence-electron chi connectivity index (χ4n) is 4.83. The van der Waals surface area contributed by atoms with Crippen molar-refractivity contribution in [3.05, 3.63) is 34.9 Å². The molecule has 36 heavy (non-hydrogen) atoms. The van der Waals surface area contributed by atoms with Crippen LogP contribution >= 0.6 is 0 Å². The van der Waals surface area contributed by atoms with E-state index in [9.17, 15) is 43.9 Å². The number of sulfonamides is 1. The molecule has 0 bridgehead atoms. The van der Waals surface area contributed by atoms with Crippen LogP contribution in [0.3, 0.4) is 0 Å². The zero-order valence-corrected chi connectivity index (χ0v) is 20.4. The molecular formula is C22H28F7N3O3S. The van der Waals surface area contributed by atoms with Crippen molar-refractivity contribution in [3.63, 3.8) is 0 Å². The average molecular weight is 548 g/mol. The Labute approximate surface area is 204 Å². The van der Waals surface area contributed by atoms with Crippen molar-refractivity contribution < 1.29 is 43.9 Å². The number of carbonyl (C=O) groups is 1. The minimum absolute atomic E-state index is 0.0332. The number of hydrogen-bond acceptors (Lipinski definition) is 4. The van der Waals surface area contributed by atoms with Gasteiger partial charge in [-0.15, -0.1) is 0 Å². The van der Waals surface area contributed by atoms with Gasteiger partial charge in [-0.25, -0.2) is 26.0 Å². The first-order valence-corrected chi connectivity index (χ1v) is 13.2. The number of piperazine rings is 1. The van der Waals surface area contributed by atoms with Gasteiger partial charge in [-0.2, -0.15) is 17.5 Å². The molecule has 1 aliphatic heterocycles. The SMILES string of the molecule is CCCS(=O)(=O)N1CCN(C2(CNC(=O)c3c(F)ccc(C(F)(F)F)c3F)CCC(F)(F)CC2)CC1. The van der Waals surface area contributed by atoms with Gasteiger partial charge in [-0.05, 0) is 31.4 Å². The Bertz CT molecular complexity index is 1060. The van der Waals surface area contributed by atoms with E-state index < -0.39 is 69.2 Å². The summed E-state index contributed by atoms with van der Waals surface area (Å²) in [6.07, 6.45) is -5.98. The number of halogens is 7. The second kappa shape index (κ2) is 10.4. The van der Waals surface area contributed by atoms with Crippen LogP contribution in [-0.2, 0) is 16.2 Å². The number of carbonyl (C=O) groups excluding carboxylic acids is 1. The van der Waals surface area contributed by atoms with E-state index in [-0.39, 0.29) is 57.4 Å². The van der Waals surface area contributed by atoms with Crippen LogP contribution in [0.2, 0.25) is 0 Å². The van der Waals surface area contributed by atoms with Gasteiger partial charge in [0.2, 0.25) is 15.9 Å². The van der Waals surface area contributed by atoms with Crippen molar-refractivity contribution in [2.24, 2.45) is 0 Å². The summed E-state index contributed by atoms with van der Waals surface area (Å²) in [4.78, 5) is 14.4. The molecule has 1 aromatic carbocycles. The van der Waals surface area contributed by atoms with E-state index in [0.717, 1.165) is 0 Å². The highest BCUT2D eigenvalue weighted by molar-refractivity contribution is 7.89. The zero-order chi connectivity index (χ0) is 26.9.